The minimum Gasteiger partial charge on any atom is -0.382 e. The number of nitrogen functional groups attached to an aromatic ring is 1. The molecule has 1 atom stereocenters. The van der Waals surface area contributed by atoms with Gasteiger partial charge in [-0.1, -0.05) is 13.8 Å². The second-order valence-electron chi connectivity index (χ2n) is 4.60. The van der Waals surface area contributed by atoms with Crippen LogP contribution in [0.2, 0.25) is 0 Å². The van der Waals surface area contributed by atoms with Gasteiger partial charge >= 0.3 is 0 Å². The fourth-order valence-electron chi connectivity index (χ4n) is 1.58. The number of nitrogens with one attached hydrogen (secondary N) is 1. The minimum absolute atomic E-state index is 0.460. The van der Waals surface area contributed by atoms with Crippen molar-refractivity contribution in [3.63, 3.8) is 0 Å². The van der Waals surface area contributed by atoms with Gasteiger partial charge in [0.1, 0.15) is 11.6 Å². The normalized spacial score (nSPS) is 23.1. The van der Waals surface area contributed by atoms with E-state index < -0.39 is 0 Å². The van der Waals surface area contributed by atoms with Crippen molar-refractivity contribution in [1.29, 1.82) is 0 Å². The predicted molar refractivity (Wildman–Crippen MR) is 56.8 cm³/mol. The van der Waals surface area contributed by atoms with E-state index in [0.29, 0.717) is 11.2 Å². The lowest BCUT2D eigenvalue weighted by Crippen LogP contribution is -2.08. The molecule has 3 N–H and O–H groups in total. The average Bonchev–Trinajstić information content (AvgIpc) is 2.73. The van der Waals surface area contributed by atoms with E-state index in [9.17, 15) is 0 Å². The molecular weight excluding hydrogens is 176 g/mol. The number of anilines is 2. The number of nitrogens with two attached hydrogens (primary N) is 1. The largest absolute Gasteiger partial charge is 0.382 e. The van der Waals surface area contributed by atoms with Gasteiger partial charge in [-0.15, -0.1) is 0 Å². The molecule has 4 nitrogen and oxygen atoms in total. The maximum absolute atomic E-state index is 5.44. The van der Waals surface area contributed by atoms with E-state index in [-0.39, 0.29) is 0 Å². The summed E-state index contributed by atoms with van der Waals surface area (Å²) in [5.41, 5.74) is 5.94. The maximum Gasteiger partial charge on any atom is 0.144 e. The number of hydrogen-bond acceptors (Lipinski definition) is 4. The van der Waals surface area contributed by atoms with Crippen molar-refractivity contribution in [1.82, 2.24) is 9.97 Å². The highest BCUT2D eigenvalue weighted by Crippen LogP contribution is 2.51. The molecule has 1 aromatic rings. The van der Waals surface area contributed by atoms with Crippen LogP contribution in [0.1, 0.15) is 20.3 Å². The van der Waals surface area contributed by atoms with E-state index in [4.69, 9.17) is 5.73 Å². The Morgan fingerprint density at radius 2 is 2.21 bits per heavy atom. The van der Waals surface area contributed by atoms with E-state index in [1.807, 2.05) is 0 Å². The highest BCUT2D eigenvalue weighted by molar-refractivity contribution is 5.36. The molecule has 0 spiro atoms. The molecule has 1 aliphatic rings. The zero-order valence-electron chi connectivity index (χ0n) is 8.62. The van der Waals surface area contributed by atoms with E-state index in [1.54, 1.807) is 12.4 Å². The molecule has 1 heterocycles. The van der Waals surface area contributed by atoms with Gasteiger partial charge in [-0.05, 0) is 17.8 Å². The lowest BCUT2D eigenvalue weighted by molar-refractivity contribution is 0.573. The summed E-state index contributed by atoms with van der Waals surface area (Å²) < 4.78 is 0. The van der Waals surface area contributed by atoms with Crippen LogP contribution >= 0.6 is 0 Å². The van der Waals surface area contributed by atoms with Gasteiger partial charge in [-0.3, -0.25) is 0 Å². The van der Waals surface area contributed by atoms with E-state index in [2.05, 4.69) is 29.1 Å². The fraction of sp³-hybridized carbons (Fsp3) is 0.600. The standard InChI is InChI=1S/C10H16N4/c1-10(2)3-7(10)4-13-9-6-12-8(11)5-14-9/h5-7H,3-4H2,1-2H3,(H2,11,12)(H,13,14). The summed E-state index contributed by atoms with van der Waals surface area (Å²) in [5.74, 6) is 2.03. The number of hydrogen-bond donors (Lipinski definition) is 2. The third-order valence-corrected chi connectivity index (χ3v) is 2.92. The Morgan fingerprint density at radius 3 is 2.71 bits per heavy atom. The highest BCUT2D eigenvalue weighted by atomic mass is 15.0. The lowest BCUT2D eigenvalue weighted by atomic mass is 10.1. The first-order chi connectivity index (χ1) is 6.58. The Kier molecular flexibility index (Phi) is 2.06. The molecule has 0 aliphatic heterocycles. The van der Waals surface area contributed by atoms with Crippen LogP contribution in [-0.2, 0) is 0 Å². The monoisotopic (exact) mass is 192 g/mol. The number of rotatable bonds is 3. The molecule has 1 aromatic heterocycles. The van der Waals surface area contributed by atoms with E-state index in [1.165, 1.54) is 6.42 Å². The molecule has 0 amide bonds. The van der Waals surface area contributed by atoms with Gasteiger partial charge in [0.25, 0.3) is 0 Å². The van der Waals surface area contributed by atoms with Gasteiger partial charge in [-0.25, -0.2) is 9.97 Å². The van der Waals surface area contributed by atoms with Gasteiger partial charge in [0.05, 0.1) is 12.4 Å². The lowest BCUT2D eigenvalue weighted by Gasteiger charge is -2.06. The van der Waals surface area contributed by atoms with Crippen LogP contribution in [0.3, 0.4) is 0 Å². The zero-order valence-corrected chi connectivity index (χ0v) is 8.62. The third kappa shape index (κ3) is 1.95. The molecule has 1 aliphatic carbocycles. The van der Waals surface area contributed by atoms with Crippen LogP contribution < -0.4 is 11.1 Å². The van der Waals surface area contributed by atoms with Crippen molar-refractivity contribution in [2.75, 3.05) is 17.6 Å². The first kappa shape index (κ1) is 9.24. The summed E-state index contributed by atoms with van der Waals surface area (Å²) in [4.78, 5) is 8.09. The van der Waals surface area contributed by atoms with Crippen LogP contribution in [0.4, 0.5) is 11.6 Å². The van der Waals surface area contributed by atoms with Crippen molar-refractivity contribution in [3.05, 3.63) is 12.4 Å². The first-order valence-corrected chi connectivity index (χ1v) is 4.89. The molecule has 2 rings (SSSR count). The van der Waals surface area contributed by atoms with Gasteiger partial charge in [0.2, 0.25) is 0 Å². The van der Waals surface area contributed by atoms with Crippen LogP contribution in [0.15, 0.2) is 12.4 Å². The van der Waals surface area contributed by atoms with Crippen LogP contribution in [0, 0.1) is 11.3 Å². The van der Waals surface area contributed by atoms with Crippen molar-refractivity contribution in [3.8, 4) is 0 Å². The van der Waals surface area contributed by atoms with Crippen molar-refractivity contribution in [2.24, 2.45) is 11.3 Å². The van der Waals surface area contributed by atoms with Gasteiger partial charge in [0, 0.05) is 6.54 Å². The molecule has 0 radical (unpaired) electrons. The topological polar surface area (TPSA) is 63.8 Å². The summed E-state index contributed by atoms with van der Waals surface area (Å²) in [7, 11) is 0. The molecule has 14 heavy (non-hydrogen) atoms. The fourth-order valence-corrected chi connectivity index (χ4v) is 1.58. The molecule has 0 bridgehead atoms. The predicted octanol–water partition coefficient (Wildman–Crippen LogP) is 1.52. The molecule has 1 fully saturated rings. The number of nitrogens with zero attached hydrogens (tertiary/aromatic N) is 2. The quantitative estimate of drug-likeness (QED) is 0.762. The Balaban J connectivity index is 1.84. The smallest absolute Gasteiger partial charge is 0.144 e. The van der Waals surface area contributed by atoms with Gasteiger partial charge in [0.15, 0.2) is 0 Å². The summed E-state index contributed by atoms with van der Waals surface area (Å²) >= 11 is 0. The summed E-state index contributed by atoms with van der Waals surface area (Å²) in [5, 5.41) is 3.26. The van der Waals surface area contributed by atoms with Gasteiger partial charge < -0.3 is 11.1 Å². The minimum atomic E-state index is 0.460. The molecule has 1 unspecified atom stereocenters. The van der Waals surface area contributed by atoms with Crippen molar-refractivity contribution < 1.29 is 0 Å². The Morgan fingerprint density at radius 1 is 1.50 bits per heavy atom. The van der Waals surface area contributed by atoms with Gasteiger partial charge in [-0.2, -0.15) is 0 Å². The third-order valence-electron chi connectivity index (χ3n) is 2.92. The molecule has 1 saturated carbocycles. The van der Waals surface area contributed by atoms with Crippen molar-refractivity contribution in [2.45, 2.75) is 20.3 Å². The van der Waals surface area contributed by atoms with Crippen LogP contribution in [0.5, 0.6) is 0 Å². The SMILES string of the molecule is CC1(C)CC1CNc1cnc(N)cn1. The summed E-state index contributed by atoms with van der Waals surface area (Å²) in [6.45, 7) is 5.55. The molecule has 4 heteroatoms. The number of aromatic nitrogens is 2. The summed E-state index contributed by atoms with van der Waals surface area (Å²) in [6, 6.07) is 0. The molecule has 0 saturated heterocycles. The maximum atomic E-state index is 5.44. The van der Waals surface area contributed by atoms with E-state index >= 15 is 0 Å². The summed E-state index contributed by atoms with van der Waals surface area (Å²) in [6.07, 6.45) is 4.54. The Hall–Kier alpha value is -1.32. The van der Waals surface area contributed by atoms with E-state index in [0.717, 1.165) is 18.3 Å². The second kappa shape index (κ2) is 3.12. The average molecular weight is 192 g/mol. The van der Waals surface area contributed by atoms with Crippen LogP contribution in [0.25, 0.3) is 0 Å². The zero-order chi connectivity index (χ0) is 10.2. The first-order valence-electron chi connectivity index (χ1n) is 4.89. The Labute approximate surface area is 83.9 Å². The molecular formula is C10H16N4. The highest BCUT2D eigenvalue weighted by Gasteiger charge is 2.44. The molecule has 0 aromatic carbocycles. The Bertz CT molecular complexity index is 317. The van der Waals surface area contributed by atoms with Crippen molar-refractivity contribution >= 4 is 11.6 Å². The van der Waals surface area contributed by atoms with Crippen LogP contribution in [-0.4, -0.2) is 16.5 Å². The second-order valence-corrected chi connectivity index (χ2v) is 4.60. The molecule has 76 valence electrons.